The van der Waals surface area contributed by atoms with Crippen LogP contribution in [0.25, 0.3) is 16.5 Å². The summed E-state index contributed by atoms with van der Waals surface area (Å²) < 4.78 is 0. The Bertz CT molecular complexity index is 1330. The summed E-state index contributed by atoms with van der Waals surface area (Å²) in [5, 5.41) is 12.1. The Balaban J connectivity index is 1.29. The summed E-state index contributed by atoms with van der Waals surface area (Å²) >= 11 is 0. The molecule has 0 unspecified atom stereocenters. The maximum Gasteiger partial charge on any atom is 0.228 e. The second-order valence-corrected chi connectivity index (χ2v) is 8.93. The van der Waals surface area contributed by atoms with E-state index < -0.39 is 0 Å². The lowest BCUT2D eigenvalue weighted by Crippen LogP contribution is -2.30. The van der Waals surface area contributed by atoms with Crippen LogP contribution in [0.4, 0.5) is 17.6 Å². The summed E-state index contributed by atoms with van der Waals surface area (Å²) in [6, 6.07) is 19.0. The van der Waals surface area contributed by atoms with Gasteiger partial charge in [0, 0.05) is 36.2 Å². The molecule has 166 valence electrons. The maximum atomic E-state index is 4.94. The first-order valence-electron chi connectivity index (χ1n) is 11.9. The van der Waals surface area contributed by atoms with Crippen LogP contribution in [0.3, 0.4) is 0 Å². The van der Waals surface area contributed by atoms with Crippen LogP contribution < -0.4 is 10.2 Å². The summed E-state index contributed by atoms with van der Waals surface area (Å²) in [5.74, 6) is 3.01. The van der Waals surface area contributed by atoms with Crippen LogP contribution in [0.2, 0.25) is 0 Å². The highest BCUT2D eigenvalue weighted by atomic mass is 15.3. The molecule has 1 aliphatic carbocycles. The molecule has 3 heterocycles. The van der Waals surface area contributed by atoms with Gasteiger partial charge in [-0.3, -0.25) is 5.10 Å². The highest BCUT2D eigenvalue weighted by molar-refractivity contribution is 5.91. The molecule has 0 amide bonds. The molecule has 2 aromatic carbocycles. The molecule has 6 heteroatoms. The lowest BCUT2D eigenvalue weighted by atomic mass is 9.94. The van der Waals surface area contributed by atoms with Crippen molar-refractivity contribution in [1.29, 1.82) is 0 Å². The van der Waals surface area contributed by atoms with Crippen molar-refractivity contribution in [3.63, 3.8) is 0 Å². The van der Waals surface area contributed by atoms with Crippen LogP contribution in [0.15, 0.2) is 60.7 Å². The monoisotopic (exact) mass is 436 g/mol. The van der Waals surface area contributed by atoms with Gasteiger partial charge in [-0.15, -0.1) is 0 Å². The lowest BCUT2D eigenvalue weighted by Gasteiger charge is -2.28. The first-order valence-corrected chi connectivity index (χ1v) is 11.9. The number of aromatic amines is 1. The van der Waals surface area contributed by atoms with E-state index in [2.05, 4.69) is 75.9 Å². The molecular weight excluding hydrogens is 408 g/mol. The van der Waals surface area contributed by atoms with Gasteiger partial charge in [-0.25, -0.2) is 4.98 Å². The number of fused-ring (bicyclic) bond motifs is 1. The number of hydrogen-bond donors (Lipinski definition) is 2. The summed E-state index contributed by atoms with van der Waals surface area (Å²) in [5.41, 5.74) is 6.36. The molecule has 1 fully saturated rings. The number of para-hydroxylation sites is 1. The molecule has 0 saturated heterocycles. The van der Waals surface area contributed by atoms with E-state index in [1.54, 1.807) is 0 Å². The molecule has 6 rings (SSSR count). The van der Waals surface area contributed by atoms with Crippen LogP contribution in [0.1, 0.15) is 48.9 Å². The van der Waals surface area contributed by atoms with Gasteiger partial charge in [-0.1, -0.05) is 49.4 Å². The van der Waals surface area contributed by atoms with Gasteiger partial charge < -0.3 is 10.2 Å². The Morgan fingerprint density at radius 1 is 1.06 bits per heavy atom. The number of aryl methyl sites for hydroxylation is 1. The number of anilines is 3. The minimum absolute atomic E-state index is 0.637. The first-order chi connectivity index (χ1) is 16.3. The van der Waals surface area contributed by atoms with Crippen molar-refractivity contribution in [2.24, 2.45) is 0 Å². The summed E-state index contributed by atoms with van der Waals surface area (Å²) in [4.78, 5) is 12.1. The van der Waals surface area contributed by atoms with Crippen molar-refractivity contribution in [1.82, 2.24) is 20.2 Å². The molecule has 33 heavy (non-hydrogen) atoms. The van der Waals surface area contributed by atoms with E-state index in [1.165, 1.54) is 35.2 Å². The number of H-pyrrole nitrogens is 1. The third-order valence-electron chi connectivity index (χ3n) is 6.69. The van der Waals surface area contributed by atoms with Crippen LogP contribution in [0.5, 0.6) is 0 Å². The third-order valence-corrected chi connectivity index (χ3v) is 6.69. The predicted octanol–water partition coefficient (Wildman–Crippen LogP) is 5.83. The molecule has 0 radical (unpaired) electrons. The quantitative estimate of drug-likeness (QED) is 0.398. The number of hydrogen-bond acceptors (Lipinski definition) is 5. The van der Waals surface area contributed by atoms with Gasteiger partial charge in [-0.2, -0.15) is 10.1 Å². The molecular formula is C27H28N6. The summed E-state index contributed by atoms with van der Waals surface area (Å²) in [7, 11) is 0. The van der Waals surface area contributed by atoms with Gasteiger partial charge in [0.25, 0.3) is 0 Å². The number of nitrogens with one attached hydrogen (secondary N) is 2. The zero-order valence-electron chi connectivity index (χ0n) is 18.9. The van der Waals surface area contributed by atoms with Crippen molar-refractivity contribution in [3.05, 3.63) is 77.5 Å². The molecule has 2 aromatic heterocycles. The first kappa shape index (κ1) is 20.0. The number of nitrogens with zero attached hydrogens (tertiary/aromatic N) is 4. The molecule has 2 N–H and O–H groups in total. The van der Waals surface area contributed by atoms with Crippen molar-refractivity contribution < 1.29 is 0 Å². The normalized spacial score (nSPS) is 16.2. The van der Waals surface area contributed by atoms with E-state index in [0.717, 1.165) is 54.4 Å². The molecule has 4 aromatic rings. The van der Waals surface area contributed by atoms with Crippen molar-refractivity contribution in [2.75, 3.05) is 23.3 Å². The van der Waals surface area contributed by atoms with Gasteiger partial charge >= 0.3 is 0 Å². The van der Waals surface area contributed by atoms with Crippen LogP contribution in [-0.4, -0.2) is 33.3 Å². The molecule has 0 atom stereocenters. The highest BCUT2D eigenvalue weighted by Gasteiger charge is 2.26. The highest BCUT2D eigenvalue weighted by Crippen LogP contribution is 2.40. The number of rotatable bonds is 6. The minimum atomic E-state index is 0.637. The Morgan fingerprint density at radius 2 is 1.91 bits per heavy atom. The van der Waals surface area contributed by atoms with Crippen LogP contribution in [-0.2, 0) is 6.42 Å². The Labute approximate surface area is 193 Å². The van der Waals surface area contributed by atoms with E-state index >= 15 is 0 Å². The molecule has 0 spiro atoms. The maximum absolute atomic E-state index is 4.94. The van der Waals surface area contributed by atoms with E-state index in [4.69, 9.17) is 9.97 Å². The summed E-state index contributed by atoms with van der Waals surface area (Å²) in [6.07, 6.45) is 6.86. The minimum Gasteiger partial charge on any atom is -0.337 e. The van der Waals surface area contributed by atoms with Crippen molar-refractivity contribution in [3.8, 4) is 0 Å². The van der Waals surface area contributed by atoms with Gasteiger partial charge in [-0.05, 0) is 54.5 Å². The summed E-state index contributed by atoms with van der Waals surface area (Å²) in [6.45, 7) is 3.92. The average molecular weight is 437 g/mol. The zero-order valence-corrected chi connectivity index (χ0v) is 18.9. The second-order valence-electron chi connectivity index (χ2n) is 8.93. The van der Waals surface area contributed by atoms with E-state index in [-0.39, 0.29) is 0 Å². The van der Waals surface area contributed by atoms with Gasteiger partial charge in [0.1, 0.15) is 5.82 Å². The van der Waals surface area contributed by atoms with Crippen LogP contribution in [0, 0.1) is 0 Å². The Hall–Kier alpha value is -3.67. The van der Waals surface area contributed by atoms with Gasteiger partial charge in [0.05, 0.1) is 5.52 Å². The zero-order chi connectivity index (χ0) is 22.2. The Morgan fingerprint density at radius 3 is 2.73 bits per heavy atom. The second kappa shape index (κ2) is 8.35. The molecule has 1 saturated carbocycles. The fourth-order valence-electron chi connectivity index (χ4n) is 4.66. The fourth-order valence-corrected chi connectivity index (χ4v) is 4.66. The topological polar surface area (TPSA) is 69.7 Å². The lowest BCUT2D eigenvalue weighted by molar-refractivity contribution is 0.800. The number of aromatic nitrogens is 4. The standard InChI is InChI=1S/C27H28N6/c1-2-18-7-3-4-8-21(18)19-13-15-33(16-14-19)27-28-23-10-6-5-9-22(23)26(30-27)29-25-17-24(31-32-25)20-11-12-20/h3-10,13,17,20H,2,11-12,14-16H2,1H3,(H2,28,29,30,31,32). The molecule has 0 bridgehead atoms. The molecule has 6 nitrogen and oxygen atoms in total. The van der Waals surface area contributed by atoms with E-state index in [9.17, 15) is 0 Å². The third kappa shape index (κ3) is 3.97. The average Bonchev–Trinajstić information content (AvgIpc) is 3.62. The van der Waals surface area contributed by atoms with Gasteiger partial charge in [0.2, 0.25) is 5.95 Å². The fraction of sp³-hybridized carbons (Fsp3) is 0.296. The smallest absolute Gasteiger partial charge is 0.228 e. The van der Waals surface area contributed by atoms with Crippen molar-refractivity contribution >= 4 is 34.1 Å². The van der Waals surface area contributed by atoms with E-state index in [0.29, 0.717) is 5.92 Å². The van der Waals surface area contributed by atoms with Crippen LogP contribution >= 0.6 is 0 Å². The van der Waals surface area contributed by atoms with E-state index in [1.807, 2.05) is 12.1 Å². The Kier molecular flexibility index (Phi) is 5.06. The number of benzene rings is 2. The predicted molar refractivity (Wildman–Crippen MR) is 134 cm³/mol. The SMILES string of the molecule is CCc1ccccc1C1=CCN(c2nc(Nc3cc(C4CC4)[nH]n3)c3ccccc3n2)CC1. The van der Waals surface area contributed by atoms with Crippen molar-refractivity contribution in [2.45, 2.75) is 38.5 Å². The molecule has 2 aliphatic rings. The molecule has 1 aliphatic heterocycles. The van der Waals surface area contributed by atoms with Gasteiger partial charge in [0.15, 0.2) is 5.82 Å². The largest absolute Gasteiger partial charge is 0.337 e.